The van der Waals surface area contributed by atoms with Gasteiger partial charge < -0.3 is 14.7 Å². The number of nitrogens with zero attached hydrogens (tertiary/aromatic N) is 4. The Bertz CT molecular complexity index is 1750. The highest BCUT2D eigenvalue weighted by molar-refractivity contribution is 7.22. The number of carbonyl (C=O) groups is 2. The number of aromatic nitrogens is 2. The fourth-order valence-corrected chi connectivity index (χ4v) is 7.54. The minimum absolute atomic E-state index is 0.133. The second kappa shape index (κ2) is 11.2. The molecule has 2 aromatic heterocycles. The number of thiazole rings is 2. The number of carbonyl (C=O) groups excluding carboxylic acids is 1. The van der Waals surface area contributed by atoms with Gasteiger partial charge >= 0.3 is 6.16 Å². The first-order valence-corrected chi connectivity index (χ1v) is 15.4. The van der Waals surface area contributed by atoms with Gasteiger partial charge in [0.15, 0.2) is 10.3 Å². The van der Waals surface area contributed by atoms with Crippen molar-refractivity contribution >= 4 is 55.2 Å². The lowest BCUT2D eigenvalue weighted by Gasteiger charge is -2.41. The van der Waals surface area contributed by atoms with Gasteiger partial charge in [-0.15, -0.1) is 0 Å². The third-order valence-electron chi connectivity index (χ3n) is 7.80. The number of hydrogen-bond donors (Lipinski definition) is 2. The van der Waals surface area contributed by atoms with Crippen LogP contribution in [0.2, 0.25) is 0 Å². The minimum Gasteiger partial charge on any atom is -0.449 e. The Labute approximate surface area is 250 Å². The maximum Gasteiger partial charge on any atom is 0.512 e. The molecule has 11 heteroatoms. The highest BCUT2D eigenvalue weighted by atomic mass is 32.1. The summed E-state index contributed by atoms with van der Waals surface area (Å²) >= 11 is 2.90. The molecular formula is C31H27N5O4S2. The number of amides is 1. The first-order chi connectivity index (χ1) is 20.5. The number of rotatable bonds is 7. The van der Waals surface area contributed by atoms with Crippen molar-refractivity contribution in [3.8, 4) is 5.88 Å². The monoisotopic (exact) mass is 597 g/mol. The molecule has 0 bridgehead atoms. The Morgan fingerprint density at radius 3 is 2.60 bits per heavy atom. The molecule has 1 amide bonds. The van der Waals surface area contributed by atoms with Crippen molar-refractivity contribution in [2.75, 3.05) is 23.3 Å². The molecule has 9 nitrogen and oxygen atoms in total. The Balaban J connectivity index is 1.12. The molecule has 212 valence electrons. The zero-order valence-corrected chi connectivity index (χ0v) is 24.2. The summed E-state index contributed by atoms with van der Waals surface area (Å²) in [6, 6.07) is 24.2. The van der Waals surface area contributed by atoms with Crippen molar-refractivity contribution in [3.05, 3.63) is 99.9 Å². The summed E-state index contributed by atoms with van der Waals surface area (Å²) in [5.41, 5.74) is 4.76. The number of hydrogen-bond acceptors (Lipinski definition) is 9. The molecule has 0 spiro atoms. The fourth-order valence-electron chi connectivity index (χ4n) is 5.64. The number of para-hydroxylation sites is 1. The Morgan fingerprint density at radius 2 is 1.81 bits per heavy atom. The zero-order chi connectivity index (χ0) is 28.6. The van der Waals surface area contributed by atoms with Crippen LogP contribution in [0.1, 0.15) is 44.4 Å². The van der Waals surface area contributed by atoms with E-state index in [1.54, 1.807) is 0 Å². The molecular weight excluding hydrogens is 571 g/mol. The predicted molar refractivity (Wildman–Crippen MR) is 164 cm³/mol. The molecule has 1 saturated heterocycles. The third-order valence-corrected chi connectivity index (χ3v) is 9.83. The van der Waals surface area contributed by atoms with Crippen molar-refractivity contribution < 1.29 is 19.4 Å². The molecule has 0 radical (unpaired) electrons. The van der Waals surface area contributed by atoms with Gasteiger partial charge in [-0.3, -0.25) is 15.0 Å². The average Bonchev–Trinajstić information content (AvgIpc) is 3.58. The van der Waals surface area contributed by atoms with E-state index in [0.717, 1.165) is 45.6 Å². The van der Waals surface area contributed by atoms with Crippen LogP contribution in [0.5, 0.6) is 5.88 Å². The van der Waals surface area contributed by atoms with E-state index in [0.29, 0.717) is 35.5 Å². The largest absolute Gasteiger partial charge is 0.512 e. The molecule has 5 aromatic rings. The number of benzene rings is 3. The number of likely N-dealkylation sites (tertiary alicyclic amines) is 1. The van der Waals surface area contributed by atoms with Gasteiger partial charge in [-0.05, 0) is 47.7 Å². The van der Waals surface area contributed by atoms with Crippen molar-refractivity contribution in [2.45, 2.75) is 32.0 Å². The number of carboxylic acid groups (broad SMARTS) is 1. The van der Waals surface area contributed by atoms with Crippen LogP contribution in [-0.4, -0.2) is 45.1 Å². The zero-order valence-electron chi connectivity index (χ0n) is 22.5. The molecule has 7 rings (SSSR count). The first kappa shape index (κ1) is 26.6. The lowest BCUT2D eigenvalue weighted by Crippen LogP contribution is -2.40. The molecule has 2 aliphatic rings. The summed E-state index contributed by atoms with van der Waals surface area (Å²) in [5.74, 6) is -0.0684. The van der Waals surface area contributed by atoms with E-state index in [1.807, 2.05) is 54.6 Å². The molecule has 0 saturated carbocycles. The maximum absolute atomic E-state index is 13.4. The van der Waals surface area contributed by atoms with E-state index < -0.39 is 6.16 Å². The van der Waals surface area contributed by atoms with Gasteiger partial charge in [-0.1, -0.05) is 77.3 Å². The van der Waals surface area contributed by atoms with Gasteiger partial charge in [0.1, 0.15) is 0 Å². The fraction of sp³-hybridized carbons (Fsp3) is 0.226. The van der Waals surface area contributed by atoms with Gasteiger partial charge in [0.2, 0.25) is 5.88 Å². The van der Waals surface area contributed by atoms with Crippen molar-refractivity contribution in [1.29, 1.82) is 0 Å². The topological polar surface area (TPSA) is 108 Å². The second-order valence-electron chi connectivity index (χ2n) is 10.3. The lowest BCUT2D eigenvalue weighted by atomic mass is 9.94. The van der Waals surface area contributed by atoms with E-state index in [1.165, 1.54) is 28.2 Å². The number of anilines is 2. The van der Waals surface area contributed by atoms with Crippen LogP contribution in [-0.2, 0) is 19.5 Å². The van der Waals surface area contributed by atoms with Crippen LogP contribution in [0.15, 0.2) is 72.8 Å². The normalized spacial score (nSPS) is 16.6. The minimum atomic E-state index is -1.38. The van der Waals surface area contributed by atoms with Crippen molar-refractivity contribution in [3.63, 3.8) is 0 Å². The van der Waals surface area contributed by atoms with Gasteiger partial charge in [0.25, 0.3) is 5.91 Å². The molecule has 3 aromatic carbocycles. The van der Waals surface area contributed by atoms with Crippen molar-refractivity contribution in [2.24, 2.45) is 0 Å². The van der Waals surface area contributed by atoms with Crippen LogP contribution in [0.4, 0.5) is 15.1 Å². The molecule has 1 fully saturated rings. The lowest BCUT2D eigenvalue weighted by molar-refractivity contribution is 0.0815. The van der Waals surface area contributed by atoms with E-state index in [2.05, 4.69) is 43.3 Å². The summed E-state index contributed by atoms with van der Waals surface area (Å²) in [4.78, 5) is 39.3. The first-order valence-electron chi connectivity index (χ1n) is 13.7. The summed E-state index contributed by atoms with van der Waals surface area (Å²) in [6.07, 6.45) is 0.411. The van der Waals surface area contributed by atoms with Crippen LogP contribution in [0.25, 0.3) is 10.2 Å². The highest BCUT2D eigenvalue weighted by Gasteiger charge is 2.32. The van der Waals surface area contributed by atoms with Crippen LogP contribution < -0.4 is 15.0 Å². The maximum atomic E-state index is 13.4. The molecule has 2 N–H and O–H groups in total. The third kappa shape index (κ3) is 5.22. The molecule has 2 aliphatic heterocycles. The highest BCUT2D eigenvalue weighted by Crippen LogP contribution is 2.40. The van der Waals surface area contributed by atoms with Gasteiger partial charge in [0, 0.05) is 37.8 Å². The van der Waals surface area contributed by atoms with E-state index in [-0.39, 0.29) is 17.8 Å². The number of nitrogens with one attached hydrogen (secondary N) is 1. The Kier molecular flexibility index (Phi) is 7.06. The Hall–Kier alpha value is -4.32. The summed E-state index contributed by atoms with van der Waals surface area (Å²) in [5, 5.41) is 13.6. The summed E-state index contributed by atoms with van der Waals surface area (Å²) in [7, 11) is 0. The summed E-state index contributed by atoms with van der Waals surface area (Å²) < 4.78 is 6.16. The summed E-state index contributed by atoms with van der Waals surface area (Å²) in [6.45, 7) is 2.66. The van der Waals surface area contributed by atoms with E-state index >= 15 is 0 Å². The standard InChI is InChI=1S/C31H27N5O4S2/c37-27(33-29-32-23-11-4-5-12-25(23)41-29)21-10-6-9-19-13-15-36(17-22(19)21)30-34-28(40-31(38)39)26(42-30)18-35-16-14-24(35)20-7-2-1-3-8-20/h1-12,24H,13-18H2,(H,38,39)(H,32,33,37). The molecule has 1 atom stereocenters. The second-order valence-corrected chi connectivity index (χ2v) is 12.4. The molecule has 42 heavy (non-hydrogen) atoms. The average molecular weight is 598 g/mol. The van der Waals surface area contributed by atoms with Crippen molar-refractivity contribution in [1.82, 2.24) is 14.9 Å². The SMILES string of the molecule is O=C(O)Oc1nc(N2CCc3cccc(C(=O)Nc4nc5ccccc5s4)c3C2)sc1CN1CCC1c1ccccc1. The molecule has 0 aliphatic carbocycles. The molecule has 4 heterocycles. The number of ether oxygens (including phenoxy) is 1. The van der Waals surface area contributed by atoms with Crippen LogP contribution in [0.3, 0.4) is 0 Å². The quantitative estimate of drug-likeness (QED) is 0.203. The van der Waals surface area contributed by atoms with Crippen LogP contribution in [0, 0.1) is 0 Å². The smallest absolute Gasteiger partial charge is 0.449 e. The van der Waals surface area contributed by atoms with Gasteiger partial charge in [-0.2, -0.15) is 4.98 Å². The Morgan fingerprint density at radius 1 is 0.976 bits per heavy atom. The predicted octanol–water partition coefficient (Wildman–Crippen LogP) is 6.57. The van der Waals surface area contributed by atoms with E-state index in [9.17, 15) is 14.7 Å². The van der Waals surface area contributed by atoms with E-state index in [4.69, 9.17) is 4.74 Å². The number of fused-ring (bicyclic) bond motifs is 2. The van der Waals surface area contributed by atoms with Gasteiger partial charge in [-0.25, -0.2) is 9.78 Å². The van der Waals surface area contributed by atoms with Gasteiger partial charge in [0.05, 0.1) is 15.1 Å². The van der Waals surface area contributed by atoms with Crippen LogP contribution >= 0.6 is 22.7 Å². The molecule has 1 unspecified atom stereocenters.